The Labute approximate surface area is 147 Å². The molecule has 0 amide bonds. The summed E-state index contributed by atoms with van der Waals surface area (Å²) in [6.07, 6.45) is 0.432. The molecule has 1 unspecified atom stereocenters. The zero-order chi connectivity index (χ0) is 18.4. The second-order valence-corrected chi connectivity index (χ2v) is 6.91. The van der Waals surface area contributed by atoms with E-state index >= 15 is 0 Å². The highest BCUT2D eigenvalue weighted by molar-refractivity contribution is 6.05. The fourth-order valence-corrected chi connectivity index (χ4v) is 4.11. The summed E-state index contributed by atoms with van der Waals surface area (Å²) < 4.78 is 21.6. The molecule has 2 aliphatic rings. The molecular formula is C19H24O6. The summed E-state index contributed by atoms with van der Waals surface area (Å²) in [5.74, 6) is 0.593. The molecule has 1 fully saturated rings. The van der Waals surface area contributed by atoms with E-state index in [0.717, 1.165) is 5.56 Å². The summed E-state index contributed by atoms with van der Waals surface area (Å²) in [5, 5.41) is 0. The molecule has 6 heteroatoms. The Kier molecular flexibility index (Phi) is 4.39. The van der Waals surface area contributed by atoms with Gasteiger partial charge in [-0.2, -0.15) is 0 Å². The number of hydrogen-bond acceptors (Lipinski definition) is 6. The van der Waals surface area contributed by atoms with Gasteiger partial charge < -0.3 is 18.9 Å². The summed E-state index contributed by atoms with van der Waals surface area (Å²) >= 11 is 0. The van der Waals surface area contributed by atoms with Crippen LogP contribution in [0, 0.1) is 17.3 Å². The number of esters is 2. The van der Waals surface area contributed by atoms with Crippen molar-refractivity contribution in [2.45, 2.75) is 33.1 Å². The largest absolute Gasteiger partial charge is 0.496 e. The fourth-order valence-electron chi connectivity index (χ4n) is 4.11. The van der Waals surface area contributed by atoms with E-state index in [0.29, 0.717) is 29.6 Å². The molecular weight excluding hydrogens is 324 g/mol. The van der Waals surface area contributed by atoms with Crippen LogP contribution in [0.25, 0.3) is 0 Å². The lowest BCUT2D eigenvalue weighted by molar-refractivity contribution is -0.186. The molecule has 1 saturated carbocycles. The van der Waals surface area contributed by atoms with E-state index in [4.69, 9.17) is 18.9 Å². The quantitative estimate of drug-likeness (QED) is 0.463. The number of hydrogen-bond donors (Lipinski definition) is 0. The fraction of sp³-hybridized carbons (Fsp3) is 0.579. The van der Waals surface area contributed by atoms with Crippen molar-refractivity contribution in [3.63, 3.8) is 0 Å². The van der Waals surface area contributed by atoms with Crippen LogP contribution in [0.4, 0.5) is 0 Å². The third-order valence-corrected chi connectivity index (χ3v) is 5.42. The maximum Gasteiger partial charge on any atom is 0.329 e. The molecule has 1 aromatic carbocycles. The second kappa shape index (κ2) is 6.24. The van der Waals surface area contributed by atoms with E-state index in [1.54, 1.807) is 26.2 Å². The molecule has 1 aliphatic carbocycles. The zero-order valence-corrected chi connectivity index (χ0v) is 15.3. The van der Waals surface area contributed by atoms with Crippen LogP contribution in [-0.4, -0.2) is 32.8 Å². The average Bonchev–Trinajstić information content (AvgIpc) is 2.54. The summed E-state index contributed by atoms with van der Waals surface area (Å²) in [4.78, 5) is 25.5. The first-order valence-electron chi connectivity index (χ1n) is 8.56. The van der Waals surface area contributed by atoms with Gasteiger partial charge in [0.05, 0.1) is 20.8 Å². The van der Waals surface area contributed by atoms with Crippen molar-refractivity contribution >= 4 is 11.9 Å². The van der Waals surface area contributed by atoms with Crippen LogP contribution in [-0.2, 0) is 14.3 Å². The highest BCUT2D eigenvalue weighted by Gasteiger charge is 2.69. The summed E-state index contributed by atoms with van der Waals surface area (Å²) in [5.41, 5.74) is -0.527. The minimum Gasteiger partial charge on any atom is -0.496 e. The van der Waals surface area contributed by atoms with Crippen molar-refractivity contribution in [3.05, 3.63) is 17.7 Å². The predicted molar refractivity (Wildman–Crippen MR) is 89.9 cm³/mol. The van der Waals surface area contributed by atoms with E-state index in [1.807, 2.05) is 0 Å². The van der Waals surface area contributed by atoms with Gasteiger partial charge in [0.1, 0.15) is 17.2 Å². The van der Waals surface area contributed by atoms with Crippen molar-refractivity contribution in [1.82, 2.24) is 0 Å². The normalized spacial score (nSPS) is 26.9. The standard InChI is InChI=1S/C19H24O6/c1-6-24-17(20)19-9-12(10(2)3)16(19)15-13(23-5)7-11(22-4)8-14(15)25-18(19)21/h7-8,10,12,16H,6,9H2,1-5H3/t12?,16-,19-/m0/s1. The van der Waals surface area contributed by atoms with Gasteiger partial charge in [-0.05, 0) is 25.2 Å². The lowest BCUT2D eigenvalue weighted by Gasteiger charge is -2.55. The Hall–Kier alpha value is -2.24. The number of benzene rings is 1. The Bertz CT molecular complexity index is 710. The SMILES string of the molecule is CCOC(=O)[C@]12CC(C(C)C)[C@H]1c1c(OC)cc(OC)cc1OC2=O. The van der Waals surface area contributed by atoms with Gasteiger partial charge in [-0.1, -0.05) is 13.8 Å². The average molecular weight is 348 g/mol. The first kappa shape index (κ1) is 17.6. The molecule has 1 heterocycles. The van der Waals surface area contributed by atoms with E-state index in [2.05, 4.69) is 13.8 Å². The van der Waals surface area contributed by atoms with Gasteiger partial charge in [0.2, 0.25) is 0 Å². The smallest absolute Gasteiger partial charge is 0.329 e. The number of rotatable bonds is 5. The molecule has 0 bridgehead atoms. The van der Waals surface area contributed by atoms with E-state index in [-0.39, 0.29) is 18.4 Å². The van der Waals surface area contributed by atoms with Crippen LogP contribution < -0.4 is 14.2 Å². The first-order chi connectivity index (χ1) is 11.9. The number of carbonyl (C=O) groups excluding carboxylic acids is 2. The molecule has 0 saturated heterocycles. The Morgan fingerprint density at radius 2 is 2.04 bits per heavy atom. The minimum atomic E-state index is -1.28. The van der Waals surface area contributed by atoms with Crippen LogP contribution in [0.1, 0.15) is 38.7 Å². The van der Waals surface area contributed by atoms with E-state index in [9.17, 15) is 9.59 Å². The second-order valence-electron chi connectivity index (χ2n) is 6.91. The minimum absolute atomic E-state index is 0.165. The van der Waals surface area contributed by atoms with Gasteiger partial charge in [0, 0.05) is 23.6 Å². The van der Waals surface area contributed by atoms with Crippen molar-refractivity contribution < 1.29 is 28.5 Å². The van der Waals surface area contributed by atoms with Gasteiger partial charge in [-0.25, -0.2) is 0 Å². The molecule has 25 heavy (non-hydrogen) atoms. The van der Waals surface area contributed by atoms with Crippen molar-refractivity contribution in [2.75, 3.05) is 20.8 Å². The van der Waals surface area contributed by atoms with Crippen LogP contribution in [0.15, 0.2) is 12.1 Å². The number of ether oxygens (including phenoxy) is 4. The first-order valence-corrected chi connectivity index (χ1v) is 8.56. The molecule has 0 aromatic heterocycles. The van der Waals surface area contributed by atoms with Gasteiger partial charge >= 0.3 is 11.9 Å². The maximum absolute atomic E-state index is 12.8. The summed E-state index contributed by atoms with van der Waals surface area (Å²) in [6.45, 7) is 6.14. The Balaban J connectivity index is 2.18. The van der Waals surface area contributed by atoms with E-state index in [1.165, 1.54) is 7.11 Å². The number of carbonyl (C=O) groups is 2. The molecule has 1 aliphatic heterocycles. The number of methoxy groups -OCH3 is 2. The highest BCUT2D eigenvalue weighted by atomic mass is 16.6. The van der Waals surface area contributed by atoms with Crippen LogP contribution in [0.3, 0.4) is 0 Å². The Morgan fingerprint density at radius 3 is 2.60 bits per heavy atom. The maximum atomic E-state index is 12.8. The molecule has 3 atom stereocenters. The van der Waals surface area contributed by atoms with Gasteiger partial charge in [-0.15, -0.1) is 0 Å². The highest BCUT2D eigenvalue weighted by Crippen LogP contribution is 2.66. The molecule has 3 rings (SSSR count). The van der Waals surface area contributed by atoms with Gasteiger partial charge in [0.25, 0.3) is 0 Å². The van der Waals surface area contributed by atoms with Crippen molar-refractivity contribution in [2.24, 2.45) is 17.3 Å². The van der Waals surface area contributed by atoms with Crippen LogP contribution in [0.5, 0.6) is 17.2 Å². The number of fused-ring (bicyclic) bond motifs is 3. The lowest BCUT2D eigenvalue weighted by Crippen LogP contribution is -2.61. The third-order valence-electron chi connectivity index (χ3n) is 5.42. The van der Waals surface area contributed by atoms with E-state index < -0.39 is 17.4 Å². The molecule has 0 spiro atoms. The topological polar surface area (TPSA) is 71.1 Å². The predicted octanol–water partition coefficient (Wildman–Crippen LogP) is 2.93. The van der Waals surface area contributed by atoms with Crippen molar-refractivity contribution in [3.8, 4) is 17.2 Å². The van der Waals surface area contributed by atoms with Crippen LogP contribution in [0.2, 0.25) is 0 Å². The molecule has 0 radical (unpaired) electrons. The monoisotopic (exact) mass is 348 g/mol. The van der Waals surface area contributed by atoms with Crippen LogP contribution >= 0.6 is 0 Å². The Morgan fingerprint density at radius 1 is 1.32 bits per heavy atom. The van der Waals surface area contributed by atoms with Gasteiger partial charge in [-0.3, -0.25) is 9.59 Å². The third kappa shape index (κ3) is 2.38. The lowest BCUT2D eigenvalue weighted by atomic mass is 9.48. The zero-order valence-electron chi connectivity index (χ0n) is 15.3. The molecule has 1 aromatic rings. The molecule has 136 valence electrons. The molecule has 0 N–H and O–H groups in total. The summed E-state index contributed by atoms with van der Waals surface area (Å²) in [7, 11) is 3.09. The van der Waals surface area contributed by atoms with Crippen molar-refractivity contribution in [1.29, 1.82) is 0 Å². The van der Waals surface area contributed by atoms with Gasteiger partial charge in [0.15, 0.2) is 5.41 Å². The summed E-state index contributed by atoms with van der Waals surface area (Å²) in [6, 6.07) is 3.42. The molecule has 6 nitrogen and oxygen atoms in total.